The van der Waals surface area contributed by atoms with Gasteiger partial charge in [0.15, 0.2) is 11.8 Å². The van der Waals surface area contributed by atoms with E-state index in [0.29, 0.717) is 12.3 Å². The van der Waals surface area contributed by atoms with Crippen LogP contribution in [0.2, 0.25) is 0 Å². The number of methoxy groups -OCH3 is 1. The second kappa shape index (κ2) is 7.80. The number of nitro groups is 1. The summed E-state index contributed by atoms with van der Waals surface area (Å²) in [4.78, 5) is 23.8. The van der Waals surface area contributed by atoms with Gasteiger partial charge >= 0.3 is 0 Å². The molecule has 8 nitrogen and oxygen atoms in total. The van der Waals surface area contributed by atoms with Crippen LogP contribution < -0.4 is 15.0 Å². The van der Waals surface area contributed by atoms with Gasteiger partial charge in [-0.25, -0.2) is 0 Å². The van der Waals surface area contributed by atoms with Crippen molar-refractivity contribution in [1.29, 1.82) is 0 Å². The number of likely N-dealkylation sites (N-methyl/N-ethyl adjacent to an activating group) is 1. The van der Waals surface area contributed by atoms with Gasteiger partial charge in [-0.15, -0.1) is 0 Å². The number of quaternary nitrogens is 1. The third-order valence-corrected chi connectivity index (χ3v) is 4.03. The van der Waals surface area contributed by atoms with Crippen LogP contribution in [0.25, 0.3) is 0 Å². The van der Waals surface area contributed by atoms with Gasteiger partial charge < -0.3 is 19.4 Å². The molecule has 2 aromatic rings. The Kier molecular flexibility index (Phi) is 5.76. The molecular weight excluding hydrogens is 326 g/mol. The quantitative estimate of drug-likeness (QED) is 0.584. The van der Waals surface area contributed by atoms with Crippen LogP contribution in [0.5, 0.6) is 5.75 Å². The summed E-state index contributed by atoms with van der Waals surface area (Å²) in [6.45, 7) is 4.20. The van der Waals surface area contributed by atoms with E-state index in [1.54, 1.807) is 6.92 Å². The van der Waals surface area contributed by atoms with Crippen molar-refractivity contribution in [1.82, 2.24) is 0 Å². The first-order valence-electron chi connectivity index (χ1n) is 7.82. The maximum absolute atomic E-state index is 12.5. The zero-order chi connectivity index (χ0) is 18.6. The average molecular weight is 348 g/mol. The summed E-state index contributed by atoms with van der Waals surface area (Å²) in [6.07, 6.45) is 0. The number of amides is 1. The summed E-state index contributed by atoms with van der Waals surface area (Å²) in [6, 6.07) is 7.44. The maximum Gasteiger partial charge on any atom is 0.282 e. The molecule has 1 aromatic heterocycles. The molecule has 0 spiro atoms. The van der Waals surface area contributed by atoms with Crippen LogP contribution >= 0.6 is 0 Å². The predicted molar refractivity (Wildman–Crippen MR) is 91.8 cm³/mol. The number of hydrogen-bond acceptors (Lipinski definition) is 5. The highest BCUT2D eigenvalue weighted by molar-refractivity contribution is 5.95. The minimum atomic E-state index is -0.519. The molecule has 134 valence electrons. The molecule has 0 saturated heterocycles. The first-order chi connectivity index (χ1) is 11.8. The van der Waals surface area contributed by atoms with Crippen molar-refractivity contribution in [3.05, 3.63) is 52.0 Å². The number of nitrogens with zero attached hydrogens (tertiary/aromatic N) is 1. The highest BCUT2D eigenvalue weighted by Crippen LogP contribution is 2.28. The smallest absolute Gasteiger partial charge is 0.282 e. The Morgan fingerprint density at radius 3 is 2.68 bits per heavy atom. The van der Waals surface area contributed by atoms with Crippen LogP contribution in [0.1, 0.15) is 18.4 Å². The standard InChI is InChI=1S/C17H21N3O5/c1-11-5-7-14(25-11)10-19(3)12(2)17(21)18-15-9-13(20(22)23)6-8-16(15)24-4/h5-9,12H,10H2,1-4H3,(H,18,21)/p+1/t12-/m1/s1. The number of benzene rings is 1. The van der Waals surface area contributed by atoms with Crippen molar-refractivity contribution in [2.45, 2.75) is 26.4 Å². The van der Waals surface area contributed by atoms with Gasteiger partial charge in [0.25, 0.3) is 11.6 Å². The van der Waals surface area contributed by atoms with E-state index in [0.717, 1.165) is 16.4 Å². The summed E-state index contributed by atoms with van der Waals surface area (Å²) < 4.78 is 10.7. The molecule has 0 aliphatic carbocycles. The third-order valence-electron chi connectivity index (χ3n) is 4.03. The second-order valence-electron chi connectivity index (χ2n) is 5.89. The number of carbonyl (C=O) groups is 1. The molecule has 2 atom stereocenters. The number of aryl methyl sites for hydroxylation is 1. The van der Waals surface area contributed by atoms with Gasteiger partial charge in [-0.05, 0) is 32.0 Å². The Labute approximate surface area is 145 Å². The molecule has 0 bridgehead atoms. The first-order valence-corrected chi connectivity index (χ1v) is 7.82. The molecule has 1 heterocycles. The van der Waals surface area contributed by atoms with Crippen LogP contribution in [-0.2, 0) is 11.3 Å². The lowest BCUT2D eigenvalue weighted by Crippen LogP contribution is -3.12. The monoisotopic (exact) mass is 348 g/mol. The molecule has 2 N–H and O–H groups in total. The van der Waals surface area contributed by atoms with Gasteiger partial charge in [0, 0.05) is 12.1 Å². The molecule has 0 saturated carbocycles. The van der Waals surface area contributed by atoms with Crippen molar-refractivity contribution >= 4 is 17.3 Å². The summed E-state index contributed by atoms with van der Waals surface area (Å²) in [5, 5.41) is 13.6. The normalized spacial score (nSPS) is 13.1. The van der Waals surface area contributed by atoms with E-state index >= 15 is 0 Å². The molecule has 0 aliphatic heterocycles. The predicted octanol–water partition coefficient (Wildman–Crippen LogP) is 1.55. The number of non-ortho nitro benzene ring substituents is 1. The number of nitrogens with one attached hydrogen (secondary N) is 2. The number of rotatable bonds is 7. The van der Waals surface area contributed by atoms with Gasteiger partial charge in [0.05, 0.1) is 24.8 Å². The van der Waals surface area contributed by atoms with Gasteiger partial charge in [-0.3, -0.25) is 14.9 Å². The van der Waals surface area contributed by atoms with Crippen LogP contribution in [-0.4, -0.2) is 31.0 Å². The summed E-state index contributed by atoms with van der Waals surface area (Å²) in [5.41, 5.74) is 0.158. The molecule has 0 fully saturated rings. The molecule has 8 heteroatoms. The van der Waals surface area contributed by atoms with Crippen LogP contribution in [0.4, 0.5) is 11.4 Å². The zero-order valence-corrected chi connectivity index (χ0v) is 14.7. The molecule has 1 aromatic carbocycles. The summed E-state index contributed by atoms with van der Waals surface area (Å²) in [7, 11) is 3.32. The molecular formula is C17H22N3O5+. The van der Waals surface area contributed by atoms with Crippen molar-refractivity contribution < 1.29 is 23.8 Å². The first kappa shape index (κ1) is 18.5. The zero-order valence-electron chi connectivity index (χ0n) is 14.7. The minimum absolute atomic E-state index is 0.115. The molecule has 1 amide bonds. The van der Waals surface area contributed by atoms with Crippen LogP contribution in [0.3, 0.4) is 0 Å². The van der Waals surface area contributed by atoms with Gasteiger partial charge in [-0.1, -0.05) is 0 Å². The van der Waals surface area contributed by atoms with E-state index in [9.17, 15) is 14.9 Å². The second-order valence-corrected chi connectivity index (χ2v) is 5.89. The average Bonchev–Trinajstić information content (AvgIpc) is 2.98. The van der Waals surface area contributed by atoms with Gasteiger partial charge in [0.2, 0.25) is 0 Å². The van der Waals surface area contributed by atoms with E-state index < -0.39 is 11.0 Å². The lowest BCUT2D eigenvalue weighted by molar-refractivity contribution is -0.908. The lowest BCUT2D eigenvalue weighted by Gasteiger charge is -2.20. The largest absolute Gasteiger partial charge is 0.495 e. The fourth-order valence-corrected chi connectivity index (χ4v) is 2.38. The number of ether oxygens (including phenoxy) is 1. The fraction of sp³-hybridized carbons (Fsp3) is 0.353. The maximum atomic E-state index is 12.5. The van der Waals surface area contributed by atoms with E-state index in [1.807, 2.05) is 26.1 Å². The summed E-state index contributed by atoms with van der Waals surface area (Å²) >= 11 is 0. The van der Waals surface area contributed by atoms with Crippen molar-refractivity contribution in [2.24, 2.45) is 0 Å². The number of anilines is 1. The molecule has 0 radical (unpaired) electrons. The minimum Gasteiger partial charge on any atom is -0.495 e. The molecule has 0 aliphatic rings. The van der Waals surface area contributed by atoms with Crippen molar-refractivity contribution in [3.8, 4) is 5.75 Å². The highest BCUT2D eigenvalue weighted by Gasteiger charge is 2.24. The Bertz CT molecular complexity index is 771. The van der Waals surface area contributed by atoms with Crippen molar-refractivity contribution in [3.63, 3.8) is 0 Å². The Morgan fingerprint density at radius 1 is 1.40 bits per heavy atom. The summed E-state index contributed by atoms with van der Waals surface area (Å²) in [5.74, 6) is 1.72. The topological polar surface area (TPSA) is 99.0 Å². The van der Waals surface area contributed by atoms with E-state index in [1.165, 1.54) is 25.3 Å². The van der Waals surface area contributed by atoms with Gasteiger partial charge in [0.1, 0.15) is 18.1 Å². The van der Waals surface area contributed by atoms with Crippen LogP contribution in [0, 0.1) is 17.0 Å². The Morgan fingerprint density at radius 2 is 2.12 bits per heavy atom. The lowest BCUT2D eigenvalue weighted by atomic mass is 10.2. The van der Waals surface area contributed by atoms with Gasteiger partial charge in [-0.2, -0.15) is 0 Å². The highest BCUT2D eigenvalue weighted by atomic mass is 16.6. The molecule has 25 heavy (non-hydrogen) atoms. The third kappa shape index (κ3) is 4.57. The van der Waals surface area contributed by atoms with E-state index in [2.05, 4.69) is 5.32 Å². The van der Waals surface area contributed by atoms with E-state index in [-0.39, 0.29) is 17.3 Å². The Balaban J connectivity index is 2.09. The number of hydrogen-bond donors (Lipinski definition) is 2. The molecule has 2 rings (SSSR count). The number of nitro benzene ring substituents is 1. The number of carbonyl (C=O) groups excluding carboxylic acids is 1. The molecule has 1 unspecified atom stereocenters. The van der Waals surface area contributed by atoms with E-state index in [4.69, 9.17) is 9.15 Å². The fourth-order valence-electron chi connectivity index (χ4n) is 2.38. The number of furan rings is 1. The SMILES string of the molecule is COc1ccc([N+](=O)[O-])cc1NC(=O)[C@@H](C)[NH+](C)Cc1ccc(C)o1. The Hall–Kier alpha value is -2.87. The van der Waals surface area contributed by atoms with Crippen LogP contribution in [0.15, 0.2) is 34.7 Å². The van der Waals surface area contributed by atoms with Crippen molar-refractivity contribution in [2.75, 3.05) is 19.5 Å².